The normalized spacial score (nSPS) is 18.0. The molecular weight excluding hydrogens is 400 g/mol. The molecule has 1 aromatic heterocycles. The summed E-state index contributed by atoms with van der Waals surface area (Å²) in [5, 5.41) is 0. The molecule has 3 heterocycles. The molecule has 30 heavy (non-hydrogen) atoms. The molecule has 0 atom stereocenters. The summed E-state index contributed by atoms with van der Waals surface area (Å²) in [6.45, 7) is 5.90. The van der Waals surface area contributed by atoms with Crippen LogP contribution in [0.15, 0.2) is 42.7 Å². The van der Waals surface area contributed by atoms with Crippen molar-refractivity contribution in [2.45, 2.75) is 38.5 Å². The number of unbranched alkanes of at least 4 members (excludes halogenated alkanes) is 1. The highest BCUT2D eigenvalue weighted by Gasteiger charge is 2.26. The molecule has 0 bridgehead atoms. The number of likely N-dealkylation sites (tertiary alicyclic amines) is 1. The highest BCUT2D eigenvalue weighted by Crippen LogP contribution is 2.28. The van der Waals surface area contributed by atoms with E-state index in [0.717, 1.165) is 56.6 Å². The van der Waals surface area contributed by atoms with Crippen LogP contribution in [-0.2, 0) is 0 Å². The fourth-order valence-electron chi connectivity index (χ4n) is 4.28. The average molecular weight is 429 g/mol. The highest BCUT2D eigenvalue weighted by molar-refractivity contribution is 6.19. The molecular formula is C23H29ClN4O2. The van der Waals surface area contributed by atoms with E-state index < -0.39 is 0 Å². The van der Waals surface area contributed by atoms with Crippen molar-refractivity contribution in [1.82, 2.24) is 19.8 Å². The summed E-state index contributed by atoms with van der Waals surface area (Å²) in [5.74, 6) is 1.39. The number of aromatic amines is 1. The number of amides is 1. The molecule has 0 spiro atoms. The zero-order valence-electron chi connectivity index (χ0n) is 17.4. The van der Waals surface area contributed by atoms with E-state index in [1.165, 1.54) is 5.69 Å². The number of aromatic nitrogens is 2. The van der Waals surface area contributed by atoms with Gasteiger partial charge in [0, 0.05) is 18.7 Å². The molecule has 1 amide bonds. The fourth-order valence-corrected chi connectivity index (χ4v) is 4.48. The second kappa shape index (κ2) is 9.67. The standard InChI is InChI=1S/C23H29ClN4O2/c1-17-4-5-20-22(12-17)30-15-19(13-24)28(23(20)29)9-3-2-8-27-10-6-18(7-11-27)21-14-25-16-26-21/h4-5,12,14-16,18H,2-3,6-11,13H2,1H3,(H,25,26). The van der Waals surface area contributed by atoms with Crippen LogP contribution in [0.2, 0.25) is 0 Å². The summed E-state index contributed by atoms with van der Waals surface area (Å²) in [6, 6.07) is 5.68. The van der Waals surface area contributed by atoms with E-state index in [1.54, 1.807) is 17.5 Å². The predicted molar refractivity (Wildman–Crippen MR) is 118 cm³/mol. The SMILES string of the molecule is Cc1ccc2c(c1)OC=C(CCl)N(CCCCN1CCC(c3c[nH]cn3)CC1)C2=O. The molecule has 1 N–H and O–H groups in total. The summed E-state index contributed by atoms with van der Waals surface area (Å²) in [5.41, 5.74) is 3.56. The number of hydrogen-bond acceptors (Lipinski definition) is 4. The summed E-state index contributed by atoms with van der Waals surface area (Å²) in [4.78, 5) is 24.8. The van der Waals surface area contributed by atoms with Crippen LogP contribution in [0.25, 0.3) is 0 Å². The Labute approximate surface area is 182 Å². The van der Waals surface area contributed by atoms with Crippen LogP contribution < -0.4 is 4.74 Å². The average Bonchev–Trinajstić information content (AvgIpc) is 3.26. The number of halogens is 1. The van der Waals surface area contributed by atoms with Crippen molar-refractivity contribution >= 4 is 17.5 Å². The molecule has 0 aliphatic carbocycles. The lowest BCUT2D eigenvalue weighted by Gasteiger charge is -2.31. The van der Waals surface area contributed by atoms with Gasteiger partial charge in [0.05, 0.1) is 29.2 Å². The number of alkyl halides is 1. The van der Waals surface area contributed by atoms with Crippen LogP contribution in [0.5, 0.6) is 5.75 Å². The topological polar surface area (TPSA) is 61.5 Å². The van der Waals surface area contributed by atoms with Crippen LogP contribution in [0, 0.1) is 6.92 Å². The molecule has 1 saturated heterocycles. The lowest BCUT2D eigenvalue weighted by atomic mass is 9.94. The summed E-state index contributed by atoms with van der Waals surface area (Å²) >= 11 is 6.12. The van der Waals surface area contributed by atoms with Gasteiger partial charge in [-0.1, -0.05) is 6.07 Å². The second-order valence-electron chi connectivity index (χ2n) is 8.13. The Hall–Kier alpha value is -2.31. The summed E-state index contributed by atoms with van der Waals surface area (Å²) in [6.07, 6.45) is 9.69. The molecule has 1 aromatic carbocycles. The number of aryl methyl sites for hydroxylation is 1. The van der Waals surface area contributed by atoms with E-state index in [0.29, 0.717) is 23.8 Å². The first-order chi connectivity index (χ1) is 14.7. The summed E-state index contributed by atoms with van der Waals surface area (Å²) < 4.78 is 5.75. The maximum atomic E-state index is 13.1. The van der Waals surface area contributed by atoms with E-state index in [1.807, 2.05) is 31.3 Å². The number of nitrogens with one attached hydrogen (secondary N) is 1. The number of fused-ring (bicyclic) bond motifs is 1. The molecule has 6 nitrogen and oxygen atoms in total. The van der Waals surface area contributed by atoms with Gasteiger partial charge in [-0.05, 0) is 69.9 Å². The number of allylic oxidation sites excluding steroid dienone is 1. The van der Waals surface area contributed by atoms with Gasteiger partial charge in [-0.15, -0.1) is 11.6 Å². The molecule has 2 aliphatic rings. The van der Waals surface area contributed by atoms with E-state index in [2.05, 4.69) is 14.9 Å². The predicted octanol–water partition coefficient (Wildman–Crippen LogP) is 4.29. The molecule has 0 radical (unpaired) electrons. The molecule has 0 unspecified atom stereocenters. The maximum absolute atomic E-state index is 13.1. The van der Waals surface area contributed by atoms with Crippen molar-refractivity contribution in [2.75, 3.05) is 32.1 Å². The van der Waals surface area contributed by atoms with E-state index in [-0.39, 0.29) is 11.8 Å². The van der Waals surface area contributed by atoms with Crippen LogP contribution in [-0.4, -0.2) is 57.7 Å². The Balaban J connectivity index is 1.28. The number of benzene rings is 1. The lowest BCUT2D eigenvalue weighted by Crippen LogP contribution is -2.35. The third kappa shape index (κ3) is 4.71. The van der Waals surface area contributed by atoms with Gasteiger partial charge in [0.1, 0.15) is 12.0 Å². The Morgan fingerprint density at radius 2 is 2.03 bits per heavy atom. The number of imidazole rings is 1. The second-order valence-corrected chi connectivity index (χ2v) is 8.40. The monoisotopic (exact) mass is 428 g/mol. The van der Waals surface area contributed by atoms with Gasteiger partial charge in [-0.3, -0.25) is 4.79 Å². The Bertz CT molecular complexity index is 889. The van der Waals surface area contributed by atoms with Gasteiger partial charge in [-0.2, -0.15) is 0 Å². The lowest BCUT2D eigenvalue weighted by molar-refractivity contribution is 0.0804. The maximum Gasteiger partial charge on any atom is 0.261 e. The third-order valence-electron chi connectivity index (χ3n) is 6.05. The number of carbonyl (C=O) groups excluding carboxylic acids is 1. The number of ether oxygens (including phenoxy) is 1. The Morgan fingerprint density at radius 1 is 1.23 bits per heavy atom. The molecule has 4 rings (SSSR count). The van der Waals surface area contributed by atoms with E-state index in [9.17, 15) is 4.79 Å². The Morgan fingerprint density at radius 3 is 2.77 bits per heavy atom. The fraction of sp³-hybridized carbons (Fsp3) is 0.478. The zero-order valence-corrected chi connectivity index (χ0v) is 18.2. The van der Waals surface area contributed by atoms with Crippen LogP contribution in [0.1, 0.15) is 53.2 Å². The minimum atomic E-state index is -0.0331. The number of H-pyrrole nitrogens is 1. The highest BCUT2D eigenvalue weighted by atomic mass is 35.5. The smallest absolute Gasteiger partial charge is 0.261 e. The molecule has 0 saturated carbocycles. The van der Waals surface area contributed by atoms with Crippen LogP contribution in [0.4, 0.5) is 0 Å². The molecule has 7 heteroatoms. The largest absolute Gasteiger partial charge is 0.462 e. The zero-order chi connectivity index (χ0) is 20.9. The van der Waals surface area contributed by atoms with Gasteiger partial charge in [-0.25, -0.2) is 4.98 Å². The van der Waals surface area contributed by atoms with E-state index >= 15 is 0 Å². The van der Waals surface area contributed by atoms with Crippen molar-refractivity contribution in [1.29, 1.82) is 0 Å². The molecule has 2 aliphatic heterocycles. The van der Waals surface area contributed by atoms with E-state index in [4.69, 9.17) is 16.3 Å². The van der Waals surface area contributed by atoms with Crippen molar-refractivity contribution in [3.63, 3.8) is 0 Å². The van der Waals surface area contributed by atoms with Gasteiger partial charge in [0.25, 0.3) is 5.91 Å². The number of hydrogen-bond donors (Lipinski definition) is 1. The van der Waals surface area contributed by atoms with Crippen molar-refractivity contribution in [2.24, 2.45) is 0 Å². The number of carbonyl (C=O) groups is 1. The van der Waals surface area contributed by atoms with Crippen molar-refractivity contribution in [3.05, 3.63) is 59.5 Å². The van der Waals surface area contributed by atoms with Crippen molar-refractivity contribution in [3.8, 4) is 5.75 Å². The first-order valence-electron chi connectivity index (χ1n) is 10.7. The first kappa shape index (κ1) is 20.9. The minimum absolute atomic E-state index is 0.0331. The van der Waals surface area contributed by atoms with Crippen molar-refractivity contribution < 1.29 is 9.53 Å². The van der Waals surface area contributed by atoms with Crippen LogP contribution in [0.3, 0.4) is 0 Å². The minimum Gasteiger partial charge on any atom is -0.462 e. The number of piperidine rings is 1. The van der Waals surface area contributed by atoms with Gasteiger partial charge in [0.15, 0.2) is 0 Å². The van der Waals surface area contributed by atoms with Gasteiger partial charge in [0.2, 0.25) is 0 Å². The number of rotatable bonds is 7. The molecule has 160 valence electrons. The number of nitrogens with zero attached hydrogens (tertiary/aromatic N) is 3. The quantitative estimate of drug-likeness (QED) is 0.527. The molecule has 1 fully saturated rings. The molecule has 2 aromatic rings. The van der Waals surface area contributed by atoms with Gasteiger partial charge < -0.3 is 19.5 Å². The Kier molecular flexibility index (Phi) is 6.75. The van der Waals surface area contributed by atoms with Crippen LogP contribution >= 0.6 is 11.6 Å². The van der Waals surface area contributed by atoms with Gasteiger partial charge >= 0.3 is 0 Å². The first-order valence-corrected chi connectivity index (χ1v) is 11.2. The third-order valence-corrected chi connectivity index (χ3v) is 6.32. The summed E-state index contributed by atoms with van der Waals surface area (Å²) in [7, 11) is 0.